The van der Waals surface area contributed by atoms with Crippen molar-refractivity contribution in [3.63, 3.8) is 0 Å². The molecule has 1 heterocycles. The monoisotopic (exact) mass is 332 g/mol. The molecule has 0 saturated heterocycles. The average molecular weight is 332 g/mol. The predicted molar refractivity (Wildman–Crippen MR) is 98.9 cm³/mol. The zero-order chi connectivity index (χ0) is 17.5. The van der Waals surface area contributed by atoms with Gasteiger partial charge >= 0.3 is 0 Å². The number of pyridine rings is 1. The van der Waals surface area contributed by atoms with Gasteiger partial charge in [0.05, 0.1) is 0 Å². The molecule has 0 atom stereocenters. The summed E-state index contributed by atoms with van der Waals surface area (Å²) in [5.41, 5.74) is 3.01. The normalized spacial score (nSPS) is 10.3. The summed E-state index contributed by atoms with van der Waals surface area (Å²) in [6.45, 7) is 2.03. The van der Waals surface area contributed by atoms with Crippen LogP contribution in [0.2, 0.25) is 0 Å². The average Bonchev–Trinajstić information content (AvgIpc) is 2.63. The number of rotatable bonds is 6. The fraction of sp³-hybridized carbons (Fsp3) is 0.143. The van der Waals surface area contributed by atoms with Crippen LogP contribution in [-0.2, 0) is 11.2 Å². The molecule has 0 aliphatic rings. The van der Waals surface area contributed by atoms with Gasteiger partial charge in [-0.15, -0.1) is 0 Å². The van der Waals surface area contributed by atoms with E-state index >= 15 is 0 Å². The lowest BCUT2D eigenvalue weighted by molar-refractivity contribution is -0.116. The van der Waals surface area contributed by atoms with E-state index in [1.54, 1.807) is 12.4 Å². The van der Waals surface area contributed by atoms with Crippen LogP contribution in [0.4, 0.5) is 5.69 Å². The Labute approximate surface area is 147 Å². The molecular weight excluding hydrogens is 312 g/mol. The van der Waals surface area contributed by atoms with Gasteiger partial charge < -0.3 is 10.1 Å². The summed E-state index contributed by atoms with van der Waals surface area (Å²) in [5.74, 6) is 1.53. The van der Waals surface area contributed by atoms with E-state index < -0.39 is 0 Å². The Hall–Kier alpha value is -3.14. The van der Waals surface area contributed by atoms with Crippen LogP contribution in [0.15, 0.2) is 73.1 Å². The molecule has 2 aromatic carbocycles. The SMILES string of the molecule is Cc1cccc(Oc2ccc(NC(=O)CCc3ccncc3)cc2)c1. The summed E-state index contributed by atoms with van der Waals surface area (Å²) in [6.07, 6.45) is 4.61. The number of hydrogen-bond donors (Lipinski definition) is 1. The van der Waals surface area contributed by atoms with E-state index in [2.05, 4.69) is 10.3 Å². The molecule has 4 nitrogen and oxygen atoms in total. The highest BCUT2D eigenvalue weighted by Gasteiger charge is 2.04. The van der Waals surface area contributed by atoms with E-state index in [0.717, 1.165) is 28.3 Å². The Kier molecular flexibility index (Phi) is 5.42. The second-order valence-corrected chi connectivity index (χ2v) is 5.85. The van der Waals surface area contributed by atoms with Crippen molar-refractivity contribution in [1.82, 2.24) is 4.98 Å². The van der Waals surface area contributed by atoms with E-state index in [1.165, 1.54) is 0 Å². The second-order valence-electron chi connectivity index (χ2n) is 5.85. The molecule has 0 saturated carbocycles. The number of benzene rings is 2. The van der Waals surface area contributed by atoms with Gasteiger partial charge in [0.2, 0.25) is 5.91 Å². The third kappa shape index (κ3) is 5.18. The fourth-order valence-corrected chi connectivity index (χ4v) is 2.45. The highest BCUT2D eigenvalue weighted by molar-refractivity contribution is 5.90. The number of aromatic nitrogens is 1. The molecule has 0 aliphatic carbocycles. The minimum Gasteiger partial charge on any atom is -0.457 e. The molecular formula is C21H20N2O2. The first-order valence-electron chi connectivity index (χ1n) is 8.22. The maximum Gasteiger partial charge on any atom is 0.224 e. The highest BCUT2D eigenvalue weighted by Crippen LogP contribution is 2.23. The quantitative estimate of drug-likeness (QED) is 0.708. The Morgan fingerprint density at radius 1 is 1.00 bits per heavy atom. The van der Waals surface area contributed by atoms with Crippen LogP contribution >= 0.6 is 0 Å². The zero-order valence-corrected chi connectivity index (χ0v) is 14.1. The van der Waals surface area contributed by atoms with Gasteiger partial charge in [0.15, 0.2) is 0 Å². The maximum atomic E-state index is 12.0. The van der Waals surface area contributed by atoms with Gasteiger partial charge in [-0.25, -0.2) is 0 Å². The van der Waals surface area contributed by atoms with Gasteiger partial charge in [-0.1, -0.05) is 12.1 Å². The van der Waals surface area contributed by atoms with E-state index in [9.17, 15) is 4.79 Å². The van der Waals surface area contributed by atoms with Gasteiger partial charge in [-0.2, -0.15) is 0 Å². The first-order valence-corrected chi connectivity index (χ1v) is 8.22. The van der Waals surface area contributed by atoms with Crippen LogP contribution in [-0.4, -0.2) is 10.9 Å². The molecule has 0 spiro atoms. The lowest BCUT2D eigenvalue weighted by Gasteiger charge is -2.08. The van der Waals surface area contributed by atoms with Crippen molar-refractivity contribution in [1.29, 1.82) is 0 Å². The smallest absolute Gasteiger partial charge is 0.224 e. The van der Waals surface area contributed by atoms with E-state index in [4.69, 9.17) is 4.74 Å². The van der Waals surface area contributed by atoms with Crippen LogP contribution < -0.4 is 10.1 Å². The Morgan fingerprint density at radius 2 is 1.76 bits per heavy atom. The minimum absolute atomic E-state index is 0.0100. The third-order valence-corrected chi connectivity index (χ3v) is 3.75. The highest BCUT2D eigenvalue weighted by atomic mass is 16.5. The third-order valence-electron chi connectivity index (χ3n) is 3.75. The molecule has 25 heavy (non-hydrogen) atoms. The summed E-state index contributed by atoms with van der Waals surface area (Å²) >= 11 is 0. The molecule has 0 fully saturated rings. The largest absolute Gasteiger partial charge is 0.457 e. The van der Waals surface area contributed by atoms with E-state index in [-0.39, 0.29) is 5.91 Å². The standard InChI is InChI=1S/C21H20N2O2/c1-16-3-2-4-20(15-16)25-19-8-6-18(7-9-19)23-21(24)10-5-17-11-13-22-14-12-17/h2-4,6-9,11-15H,5,10H2,1H3,(H,23,24). The second kappa shape index (κ2) is 8.11. The molecule has 0 unspecified atom stereocenters. The lowest BCUT2D eigenvalue weighted by atomic mass is 10.1. The molecule has 3 rings (SSSR count). The van der Waals surface area contributed by atoms with Gasteiger partial charge in [0.1, 0.15) is 11.5 Å². The fourth-order valence-electron chi connectivity index (χ4n) is 2.45. The van der Waals surface area contributed by atoms with Crippen molar-refractivity contribution >= 4 is 11.6 Å². The zero-order valence-electron chi connectivity index (χ0n) is 14.1. The maximum absolute atomic E-state index is 12.0. The Morgan fingerprint density at radius 3 is 2.48 bits per heavy atom. The predicted octanol–water partition coefficient (Wildman–Crippen LogP) is 4.75. The molecule has 3 aromatic rings. The van der Waals surface area contributed by atoms with Crippen molar-refractivity contribution in [3.05, 3.63) is 84.2 Å². The van der Waals surface area contributed by atoms with Crippen molar-refractivity contribution < 1.29 is 9.53 Å². The first kappa shape index (κ1) is 16.7. The number of aryl methyl sites for hydroxylation is 2. The molecule has 4 heteroatoms. The number of carbonyl (C=O) groups is 1. The molecule has 0 radical (unpaired) electrons. The van der Waals surface area contributed by atoms with Crippen molar-refractivity contribution in [2.24, 2.45) is 0 Å². The molecule has 0 bridgehead atoms. The molecule has 126 valence electrons. The number of carbonyl (C=O) groups excluding carboxylic acids is 1. The number of nitrogens with one attached hydrogen (secondary N) is 1. The summed E-state index contributed by atoms with van der Waals surface area (Å²) < 4.78 is 5.81. The summed E-state index contributed by atoms with van der Waals surface area (Å²) in [4.78, 5) is 16.0. The van der Waals surface area contributed by atoms with E-state index in [0.29, 0.717) is 12.8 Å². The van der Waals surface area contributed by atoms with E-state index in [1.807, 2.05) is 67.6 Å². The van der Waals surface area contributed by atoms with Crippen LogP contribution in [0.1, 0.15) is 17.5 Å². The summed E-state index contributed by atoms with van der Waals surface area (Å²) in [7, 11) is 0. The topological polar surface area (TPSA) is 51.2 Å². The lowest BCUT2D eigenvalue weighted by Crippen LogP contribution is -2.12. The molecule has 1 amide bonds. The minimum atomic E-state index is -0.0100. The van der Waals surface area contributed by atoms with Crippen LogP contribution in [0.3, 0.4) is 0 Å². The summed E-state index contributed by atoms with van der Waals surface area (Å²) in [6, 6.07) is 19.1. The van der Waals surface area contributed by atoms with Gasteiger partial charge in [-0.05, 0) is 73.0 Å². The molecule has 1 aromatic heterocycles. The van der Waals surface area contributed by atoms with Crippen molar-refractivity contribution in [2.75, 3.05) is 5.32 Å². The van der Waals surface area contributed by atoms with Crippen LogP contribution in [0, 0.1) is 6.92 Å². The van der Waals surface area contributed by atoms with Gasteiger partial charge in [-0.3, -0.25) is 9.78 Å². The van der Waals surface area contributed by atoms with Gasteiger partial charge in [0.25, 0.3) is 0 Å². The number of ether oxygens (including phenoxy) is 1. The number of anilines is 1. The number of amides is 1. The number of nitrogens with zero attached hydrogens (tertiary/aromatic N) is 1. The van der Waals surface area contributed by atoms with Crippen LogP contribution in [0.25, 0.3) is 0 Å². The summed E-state index contributed by atoms with van der Waals surface area (Å²) in [5, 5.41) is 2.90. The molecule has 0 aliphatic heterocycles. The van der Waals surface area contributed by atoms with Crippen LogP contribution in [0.5, 0.6) is 11.5 Å². The Bertz CT molecular complexity index is 830. The van der Waals surface area contributed by atoms with Gasteiger partial charge in [0, 0.05) is 24.5 Å². The molecule has 1 N–H and O–H groups in total. The first-order chi connectivity index (χ1) is 12.2. The number of hydrogen-bond acceptors (Lipinski definition) is 3. The van der Waals surface area contributed by atoms with Crippen molar-refractivity contribution in [3.8, 4) is 11.5 Å². The Balaban J connectivity index is 1.52. The van der Waals surface area contributed by atoms with Crippen molar-refractivity contribution in [2.45, 2.75) is 19.8 Å².